The lowest BCUT2D eigenvalue weighted by molar-refractivity contribution is 0.0604. The Morgan fingerprint density at radius 3 is 2.23 bits per heavy atom. The molecule has 26 heavy (non-hydrogen) atoms. The molecule has 0 aliphatic heterocycles. The van der Waals surface area contributed by atoms with Crippen LogP contribution in [0.5, 0.6) is 0 Å². The van der Waals surface area contributed by atoms with E-state index >= 15 is 0 Å². The van der Waals surface area contributed by atoms with Gasteiger partial charge in [0.25, 0.3) is 0 Å². The average molecular weight is 346 g/mol. The first kappa shape index (κ1) is 16.1. The van der Waals surface area contributed by atoms with E-state index in [9.17, 15) is 4.79 Å². The molecule has 2 aromatic heterocycles. The number of hydrogen-bond donors (Lipinski definition) is 1. The van der Waals surface area contributed by atoms with Gasteiger partial charge in [-0.05, 0) is 37.1 Å². The van der Waals surface area contributed by atoms with Crippen LogP contribution in [0.4, 0.5) is 5.82 Å². The molecule has 0 saturated carbocycles. The Balaban J connectivity index is 2.21. The molecule has 2 aromatic carbocycles. The number of ether oxygens (including phenoxy) is 1. The summed E-state index contributed by atoms with van der Waals surface area (Å²) in [6.45, 7) is 4.00. The Kier molecular flexibility index (Phi) is 3.61. The van der Waals surface area contributed by atoms with Crippen LogP contribution < -0.4 is 5.73 Å². The van der Waals surface area contributed by atoms with E-state index in [2.05, 4.69) is 4.98 Å². The Hall–Kier alpha value is -3.41. The third kappa shape index (κ3) is 2.23. The number of methoxy groups -OCH3 is 1. The van der Waals surface area contributed by atoms with Gasteiger partial charge >= 0.3 is 5.97 Å². The van der Waals surface area contributed by atoms with E-state index < -0.39 is 5.97 Å². The van der Waals surface area contributed by atoms with Gasteiger partial charge in [0.15, 0.2) is 5.65 Å². The van der Waals surface area contributed by atoms with Crippen LogP contribution in [0.15, 0.2) is 42.5 Å². The number of para-hydroxylation sites is 3. The summed E-state index contributed by atoms with van der Waals surface area (Å²) in [6.07, 6.45) is 0. The molecule has 2 N–H and O–H groups in total. The first-order valence-corrected chi connectivity index (χ1v) is 8.24. The van der Waals surface area contributed by atoms with Crippen LogP contribution in [0.3, 0.4) is 0 Å². The summed E-state index contributed by atoms with van der Waals surface area (Å²) >= 11 is 0. The monoisotopic (exact) mass is 346 g/mol. The van der Waals surface area contributed by atoms with E-state index in [1.54, 1.807) is 4.57 Å². The molecule has 0 spiro atoms. The zero-order valence-corrected chi connectivity index (χ0v) is 14.8. The first-order chi connectivity index (χ1) is 12.5. The molecule has 0 radical (unpaired) electrons. The van der Waals surface area contributed by atoms with Crippen molar-refractivity contribution in [3.8, 4) is 5.69 Å². The van der Waals surface area contributed by atoms with Gasteiger partial charge in [-0.25, -0.2) is 14.8 Å². The summed E-state index contributed by atoms with van der Waals surface area (Å²) in [5.74, 6) is -0.248. The van der Waals surface area contributed by atoms with Gasteiger partial charge in [0.2, 0.25) is 0 Å². The zero-order chi connectivity index (χ0) is 18.4. The molecule has 0 unspecified atom stereocenters. The molecule has 0 atom stereocenters. The van der Waals surface area contributed by atoms with Crippen LogP contribution >= 0.6 is 0 Å². The highest BCUT2D eigenvalue weighted by Crippen LogP contribution is 2.33. The van der Waals surface area contributed by atoms with Crippen LogP contribution in [-0.2, 0) is 4.74 Å². The van der Waals surface area contributed by atoms with E-state index in [1.165, 1.54) is 7.11 Å². The van der Waals surface area contributed by atoms with Crippen molar-refractivity contribution in [2.24, 2.45) is 0 Å². The zero-order valence-electron chi connectivity index (χ0n) is 14.8. The first-order valence-electron chi connectivity index (χ1n) is 8.24. The van der Waals surface area contributed by atoms with E-state index in [0.29, 0.717) is 16.7 Å². The number of nitrogens with two attached hydrogens (primary N) is 1. The second kappa shape index (κ2) is 5.84. The third-order valence-corrected chi connectivity index (χ3v) is 4.55. The number of esters is 1. The molecular formula is C20H18N4O2. The minimum Gasteiger partial charge on any atom is -0.465 e. The molecule has 4 aromatic rings. The van der Waals surface area contributed by atoms with Crippen LogP contribution in [0.1, 0.15) is 21.5 Å². The van der Waals surface area contributed by atoms with Crippen LogP contribution in [0, 0.1) is 13.8 Å². The van der Waals surface area contributed by atoms with Crippen molar-refractivity contribution in [3.63, 3.8) is 0 Å². The number of hydrogen-bond acceptors (Lipinski definition) is 5. The molecule has 0 fully saturated rings. The quantitative estimate of drug-likeness (QED) is 0.561. The predicted octanol–water partition coefficient (Wildman–Crippen LogP) is 3.56. The van der Waals surface area contributed by atoms with Crippen LogP contribution in [-0.4, -0.2) is 27.6 Å². The molecule has 4 rings (SSSR count). The minimum absolute atomic E-state index is 0.239. The maximum atomic E-state index is 12.4. The molecule has 0 amide bonds. The molecule has 130 valence electrons. The number of carbonyl (C=O) groups excluding carboxylic acids is 1. The van der Waals surface area contributed by atoms with Gasteiger partial charge in [0.1, 0.15) is 16.9 Å². The number of aromatic nitrogens is 3. The van der Waals surface area contributed by atoms with Gasteiger partial charge in [-0.15, -0.1) is 0 Å². The standard InChI is InChI=1S/C20H18N4O2/c1-11-7-6-8-12(2)17(11)24-18(21)15(20(25)26-3)16-19(24)23-14-10-5-4-9-13(14)22-16/h4-10H,21H2,1-3H3. The van der Waals surface area contributed by atoms with Crippen molar-refractivity contribution in [2.45, 2.75) is 13.8 Å². The fourth-order valence-electron chi connectivity index (χ4n) is 3.35. The Morgan fingerprint density at radius 2 is 1.62 bits per heavy atom. The third-order valence-electron chi connectivity index (χ3n) is 4.55. The smallest absolute Gasteiger partial charge is 0.343 e. The van der Waals surface area contributed by atoms with Gasteiger partial charge in [0.05, 0.1) is 23.8 Å². The predicted molar refractivity (Wildman–Crippen MR) is 102 cm³/mol. The Bertz CT molecular complexity index is 1160. The molecule has 0 bridgehead atoms. The highest BCUT2D eigenvalue weighted by Gasteiger charge is 2.26. The van der Waals surface area contributed by atoms with E-state index in [1.807, 2.05) is 56.3 Å². The maximum absolute atomic E-state index is 12.4. The summed E-state index contributed by atoms with van der Waals surface area (Å²) in [5, 5.41) is 0. The number of fused-ring (bicyclic) bond motifs is 2. The fourth-order valence-corrected chi connectivity index (χ4v) is 3.35. The van der Waals surface area contributed by atoms with E-state index in [-0.39, 0.29) is 11.4 Å². The summed E-state index contributed by atoms with van der Waals surface area (Å²) in [4.78, 5) is 21.8. The second-order valence-electron chi connectivity index (χ2n) is 6.21. The number of anilines is 1. The van der Waals surface area contributed by atoms with Gasteiger partial charge < -0.3 is 10.5 Å². The maximum Gasteiger partial charge on any atom is 0.343 e. The number of benzene rings is 2. The van der Waals surface area contributed by atoms with E-state index in [0.717, 1.165) is 22.3 Å². The number of aryl methyl sites for hydroxylation is 2. The highest BCUT2D eigenvalue weighted by molar-refractivity contribution is 6.09. The van der Waals surface area contributed by atoms with Crippen molar-refractivity contribution < 1.29 is 9.53 Å². The lowest BCUT2D eigenvalue weighted by Gasteiger charge is -2.14. The molecule has 2 heterocycles. The molecule has 6 heteroatoms. The van der Waals surface area contributed by atoms with Crippen molar-refractivity contribution in [2.75, 3.05) is 12.8 Å². The van der Waals surface area contributed by atoms with Gasteiger partial charge in [-0.1, -0.05) is 30.3 Å². The normalized spacial score (nSPS) is 11.2. The van der Waals surface area contributed by atoms with Crippen molar-refractivity contribution in [1.82, 2.24) is 14.5 Å². The number of carbonyl (C=O) groups is 1. The van der Waals surface area contributed by atoms with E-state index in [4.69, 9.17) is 15.5 Å². The average Bonchev–Trinajstić information content (AvgIpc) is 2.90. The Labute approximate surface area is 150 Å². The summed E-state index contributed by atoms with van der Waals surface area (Å²) in [6, 6.07) is 13.5. The summed E-state index contributed by atoms with van der Waals surface area (Å²) in [7, 11) is 1.33. The number of nitrogen functional groups attached to an aromatic ring is 1. The molecule has 0 aliphatic rings. The molecule has 0 aliphatic carbocycles. The van der Waals surface area contributed by atoms with Crippen molar-refractivity contribution in [1.29, 1.82) is 0 Å². The van der Waals surface area contributed by atoms with Crippen LogP contribution in [0.2, 0.25) is 0 Å². The number of rotatable bonds is 2. The topological polar surface area (TPSA) is 83.0 Å². The lowest BCUT2D eigenvalue weighted by Crippen LogP contribution is -2.08. The molecular weight excluding hydrogens is 328 g/mol. The van der Waals surface area contributed by atoms with Crippen molar-refractivity contribution >= 4 is 34.0 Å². The summed E-state index contributed by atoms with van der Waals surface area (Å²) in [5.41, 5.74) is 12.0. The second-order valence-corrected chi connectivity index (χ2v) is 6.21. The molecule has 0 saturated heterocycles. The molecule has 6 nitrogen and oxygen atoms in total. The SMILES string of the molecule is COC(=O)c1c(N)n(-c2c(C)cccc2C)c2nc3ccccc3nc12. The van der Waals surface area contributed by atoms with Gasteiger partial charge in [0, 0.05) is 0 Å². The van der Waals surface area contributed by atoms with Gasteiger partial charge in [-0.2, -0.15) is 0 Å². The Morgan fingerprint density at radius 1 is 1.00 bits per heavy atom. The largest absolute Gasteiger partial charge is 0.465 e. The highest BCUT2D eigenvalue weighted by atomic mass is 16.5. The minimum atomic E-state index is -0.526. The fraction of sp³-hybridized carbons (Fsp3) is 0.150. The lowest BCUT2D eigenvalue weighted by atomic mass is 10.1. The van der Waals surface area contributed by atoms with Gasteiger partial charge in [-0.3, -0.25) is 4.57 Å². The summed E-state index contributed by atoms with van der Waals surface area (Å²) < 4.78 is 6.74. The van der Waals surface area contributed by atoms with Crippen molar-refractivity contribution in [3.05, 3.63) is 59.2 Å². The van der Waals surface area contributed by atoms with Crippen LogP contribution in [0.25, 0.3) is 27.9 Å². The number of nitrogens with zero attached hydrogens (tertiary/aromatic N) is 3.